The molecule has 3 rings (SSSR count). The molecule has 0 saturated carbocycles. The van der Waals surface area contributed by atoms with Gasteiger partial charge in [0.05, 0.1) is 25.4 Å². The van der Waals surface area contributed by atoms with Crippen LogP contribution < -0.4 is 4.74 Å². The van der Waals surface area contributed by atoms with Gasteiger partial charge in [0.1, 0.15) is 5.75 Å². The number of morpholine rings is 1. The van der Waals surface area contributed by atoms with Gasteiger partial charge in [-0.2, -0.15) is 0 Å². The maximum atomic E-state index is 13.4. The standard InChI is InChI=1S/C23H35N3O4/c1-16(2)21(26-14-17(3)30-18(4)15-26)23(28)25-12-10-24(11-13-25)22(27)19-6-8-20(29-5)9-7-19/h6-9,16-18,21H,10-15H2,1-5H3/t17-,18+,21-/m1/s1. The van der Waals surface area contributed by atoms with Crippen LogP contribution in [0.1, 0.15) is 38.1 Å². The molecule has 7 heteroatoms. The number of ether oxygens (including phenoxy) is 2. The molecule has 166 valence electrons. The number of nitrogens with zero attached hydrogens (tertiary/aromatic N) is 3. The van der Waals surface area contributed by atoms with Crippen LogP contribution in [0.5, 0.6) is 5.75 Å². The maximum Gasteiger partial charge on any atom is 0.253 e. The minimum Gasteiger partial charge on any atom is -0.497 e. The summed E-state index contributed by atoms with van der Waals surface area (Å²) in [7, 11) is 1.61. The lowest BCUT2D eigenvalue weighted by Crippen LogP contribution is -2.60. The molecular formula is C23H35N3O4. The van der Waals surface area contributed by atoms with Crippen molar-refractivity contribution in [2.75, 3.05) is 46.4 Å². The third-order valence-electron chi connectivity index (χ3n) is 5.94. The second-order valence-corrected chi connectivity index (χ2v) is 8.75. The predicted octanol–water partition coefficient (Wildman–Crippen LogP) is 2.11. The number of carbonyl (C=O) groups is 2. The zero-order valence-electron chi connectivity index (χ0n) is 18.8. The second kappa shape index (κ2) is 9.79. The lowest BCUT2D eigenvalue weighted by molar-refractivity contribution is -0.146. The van der Waals surface area contributed by atoms with Gasteiger partial charge in [-0.05, 0) is 44.0 Å². The highest BCUT2D eigenvalue weighted by atomic mass is 16.5. The Morgan fingerprint density at radius 3 is 2.00 bits per heavy atom. The number of rotatable bonds is 5. The molecule has 2 fully saturated rings. The number of piperazine rings is 1. The molecule has 0 radical (unpaired) electrons. The molecule has 0 spiro atoms. The molecule has 0 bridgehead atoms. The molecule has 2 saturated heterocycles. The first-order valence-corrected chi connectivity index (χ1v) is 10.9. The largest absolute Gasteiger partial charge is 0.497 e. The summed E-state index contributed by atoms with van der Waals surface area (Å²) >= 11 is 0. The Kier molecular flexibility index (Phi) is 7.36. The predicted molar refractivity (Wildman–Crippen MR) is 116 cm³/mol. The van der Waals surface area contributed by atoms with Crippen molar-refractivity contribution in [3.8, 4) is 5.75 Å². The minimum atomic E-state index is -0.150. The SMILES string of the molecule is COc1ccc(C(=O)N2CCN(C(=O)[C@@H](C(C)C)N3C[C@@H](C)O[C@@H](C)C3)CC2)cc1. The summed E-state index contributed by atoms with van der Waals surface area (Å²) < 4.78 is 11.0. The Hall–Kier alpha value is -2.12. The monoisotopic (exact) mass is 417 g/mol. The molecule has 0 unspecified atom stereocenters. The molecule has 2 amide bonds. The molecule has 7 nitrogen and oxygen atoms in total. The Bertz CT molecular complexity index is 718. The third-order valence-corrected chi connectivity index (χ3v) is 5.94. The van der Waals surface area contributed by atoms with Crippen molar-refractivity contribution in [2.24, 2.45) is 5.92 Å². The molecule has 2 aliphatic heterocycles. The molecule has 2 aliphatic rings. The van der Waals surface area contributed by atoms with Crippen LogP contribution in [0, 0.1) is 5.92 Å². The first-order chi connectivity index (χ1) is 14.3. The molecular weight excluding hydrogens is 382 g/mol. The van der Waals surface area contributed by atoms with Crippen LogP contribution >= 0.6 is 0 Å². The highest BCUT2D eigenvalue weighted by molar-refractivity contribution is 5.94. The van der Waals surface area contributed by atoms with Crippen molar-refractivity contribution < 1.29 is 19.1 Å². The van der Waals surface area contributed by atoms with Gasteiger partial charge in [0.25, 0.3) is 5.91 Å². The quantitative estimate of drug-likeness (QED) is 0.734. The molecule has 0 N–H and O–H groups in total. The third kappa shape index (κ3) is 5.13. The summed E-state index contributed by atoms with van der Waals surface area (Å²) in [6, 6.07) is 7.01. The average Bonchev–Trinajstić information content (AvgIpc) is 2.72. The Labute approximate surface area is 179 Å². The van der Waals surface area contributed by atoms with Gasteiger partial charge in [-0.1, -0.05) is 13.8 Å². The Morgan fingerprint density at radius 2 is 1.50 bits per heavy atom. The van der Waals surface area contributed by atoms with Crippen molar-refractivity contribution in [2.45, 2.75) is 45.9 Å². The number of hydrogen-bond acceptors (Lipinski definition) is 5. The van der Waals surface area contributed by atoms with Crippen molar-refractivity contribution in [3.63, 3.8) is 0 Å². The summed E-state index contributed by atoms with van der Waals surface area (Å²) in [5.41, 5.74) is 0.645. The van der Waals surface area contributed by atoms with E-state index in [1.165, 1.54) is 0 Å². The molecule has 0 aromatic heterocycles. The molecule has 1 aromatic rings. The number of methoxy groups -OCH3 is 1. The Balaban J connectivity index is 1.61. The van der Waals surface area contributed by atoms with Crippen molar-refractivity contribution in [1.29, 1.82) is 0 Å². The smallest absolute Gasteiger partial charge is 0.253 e. The van der Waals surface area contributed by atoms with Crippen LogP contribution in [-0.2, 0) is 9.53 Å². The van der Waals surface area contributed by atoms with E-state index in [4.69, 9.17) is 9.47 Å². The van der Waals surface area contributed by atoms with E-state index in [-0.39, 0.29) is 36.0 Å². The average molecular weight is 418 g/mol. The van der Waals surface area contributed by atoms with E-state index >= 15 is 0 Å². The molecule has 30 heavy (non-hydrogen) atoms. The summed E-state index contributed by atoms with van der Waals surface area (Å²) in [4.78, 5) is 32.2. The van der Waals surface area contributed by atoms with Gasteiger partial charge in [0.2, 0.25) is 5.91 Å². The van der Waals surface area contributed by atoms with Crippen LogP contribution in [0.15, 0.2) is 24.3 Å². The fourth-order valence-corrected chi connectivity index (χ4v) is 4.54. The van der Waals surface area contributed by atoms with Crippen LogP contribution in [0.3, 0.4) is 0 Å². The van der Waals surface area contributed by atoms with E-state index in [0.717, 1.165) is 18.8 Å². The van der Waals surface area contributed by atoms with Crippen LogP contribution in [0.25, 0.3) is 0 Å². The van der Waals surface area contributed by atoms with Gasteiger partial charge in [0.15, 0.2) is 0 Å². The first-order valence-electron chi connectivity index (χ1n) is 10.9. The van der Waals surface area contributed by atoms with E-state index in [9.17, 15) is 9.59 Å². The second-order valence-electron chi connectivity index (χ2n) is 8.75. The summed E-state index contributed by atoms with van der Waals surface area (Å²) in [5.74, 6) is 1.12. The van der Waals surface area contributed by atoms with E-state index in [2.05, 4.69) is 32.6 Å². The molecule has 0 aliphatic carbocycles. The lowest BCUT2D eigenvalue weighted by Gasteiger charge is -2.44. The van der Waals surface area contributed by atoms with E-state index in [1.54, 1.807) is 31.4 Å². The summed E-state index contributed by atoms with van der Waals surface area (Å²) in [6.45, 7) is 12.1. The molecule has 3 atom stereocenters. The number of carbonyl (C=O) groups excluding carboxylic acids is 2. The fourth-order valence-electron chi connectivity index (χ4n) is 4.54. The van der Waals surface area contributed by atoms with Gasteiger partial charge >= 0.3 is 0 Å². The summed E-state index contributed by atoms with van der Waals surface area (Å²) in [5, 5.41) is 0. The summed E-state index contributed by atoms with van der Waals surface area (Å²) in [6.07, 6.45) is 0.253. The highest BCUT2D eigenvalue weighted by Gasteiger charge is 2.37. The van der Waals surface area contributed by atoms with Gasteiger partial charge in [-0.25, -0.2) is 0 Å². The lowest BCUT2D eigenvalue weighted by atomic mass is 9.98. The van der Waals surface area contributed by atoms with Crippen LogP contribution in [0.4, 0.5) is 0 Å². The Morgan fingerprint density at radius 1 is 0.967 bits per heavy atom. The number of hydrogen-bond donors (Lipinski definition) is 0. The van der Waals surface area contributed by atoms with Crippen molar-refractivity contribution in [1.82, 2.24) is 14.7 Å². The maximum absolute atomic E-state index is 13.4. The van der Waals surface area contributed by atoms with Gasteiger partial charge in [-0.3, -0.25) is 14.5 Å². The number of benzene rings is 1. The van der Waals surface area contributed by atoms with Gasteiger partial charge < -0.3 is 19.3 Å². The minimum absolute atomic E-state index is 0.000917. The fraction of sp³-hybridized carbons (Fsp3) is 0.652. The molecule has 2 heterocycles. The first kappa shape index (κ1) is 22.6. The normalized spacial score (nSPS) is 24.1. The van der Waals surface area contributed by atoms with Gasteiger partial charge in [0, 0.05) is 44.8 Å². The van der Waals surface area contributed by atoms with Crippen LogP contribution in [0.2, 0.25) is 0 Å². The zero-order valence-corrected chi connectivity index (χ0v) is 18.8. The molecule has 1 aromatic carbocycles. The van der Waals surface area contributed by atoms with Crippen molar-refractivity contribution >= 4 is 11.8 Å². The van der Waals surface area contributed by atoms with E-state index in [1.807, 2.05) is 9.80 Å². The number of amides is 2. The van der Waals surface area contributed by atoms with Crippen LogP contribution in [-0.4, -0.2) is 91.1 Å². The van der Waals surface area contributed by atoms with Gasteiger partial charge in [-0.15, -0.1) is 0 Å². The van der Waals surface area contributed by atoms with E-state index < -0.39 is 0 Å². The highest BCUT2D eigenvalue weighted by Crippen LogP contribution is 2.21. The topological polar surface area (TPSA) is 62.3 Å². The van der Waals surface area contributed by atoms with Crippen molar-refractivity contribution in [3.05, 3.63) is 29.8 Å². The van der Waals surface area contributed by atoms with E-state index in [0.29, 0.717) is 31.7 Å². The zero-order chi connectivity index (χ0) is 21.8.